The minimum absolute atomic E-state index is 0.00825. The second-order valence-electron chi connectivity index (χ2n) is 5.16. The summed E-state index contributed by atoms with van der Waals surface area (Å²) in [6, 6.07) is 7.24. The van der Waals surface area contributed by atoms with Crippen molar-refractivity contribution in [2.75, 3.05) is 6.54 Å². The molecule has 1 atom stereocenters. The molecule has 1 aromatic carbocycles. The summed E-state index contributed by atoms with van der Waals surface area (Å²) in [6.45, 7) is 0.905. The van der Waals surface area contributed by atoms with Crippen LogP contribution in [0.5, 0.6) is 5.88 Å². The first-order chi connectivity index (χ1) is 10.1. The Morgan fingerprint density at radius 3 is 2.86 bits per heavy atom. The normalized spacial score (nSPS) is 18.6. The highest BCUT2D eigenvalue weighted by Gasteiger charge is 2.20. The van der Waals surface area contributed by atoms with Crippen molar-refractivity contribution in [3.8, 4) is 17.0 Å². The molecule has 1 aromatic heterocycles. The van der Waals surface area contributed by atoms with Crippen molar-refractivity contribution >= 4 is 15.9 Å². The van der Waals surface area contributed by atoms with E-state index >= 15 is 0 Å². The highest BCUT2D eigenvalue weighted by Crippen LogP contribution is 2.28. The van der Waals surface area contributed by atoms with Crippen LogP contribution in [0.3, 0.4) is 0 Å². The van der Waals surface area contributed by atoms with E-state index in [1.807, 2.05) is 12.1 Å². The zero-order valence-electron chi connectivity index (χ0n) is 11.4. The molecular weight excluding hydrogens is 334 g/mol. The summed E-state index contributed by atoms with van der Waals surface area (Å²) < 4.78 is 0.844. The summed E-state index contributed by atoms with van der Waals surface area (Å²) in [5.74, 6) is 0.287. The van der Waals surface area contributed by atoms with E-state index in [2.05, 4.69) is 31.2 Å². The molecule has 21 heavy (non-hydrogen) atoms. The van der Waals surface area contributed by atoms with Crippen LogP contribution in [0.1, 0.15) is 31.1 Å². The third-order valence-electron chi connectivity index (χ3n) is 3.67. The van der Waals surface area contributed by atoms with Crippen LogP contribution in [-0.4, -0.2) is 21.6 Å². The van der Waals surface area contributed by atoms with E-state index in [4.69, 9.17) is 0 Å². The average molecular weight is 350 g/mol. The zero-order chi connectivity index (χ0) is 14.8. The Morgan fingerprint density at radius 1 is 1.33 bits per heavy atom. The molecule has 0 amide bonds. The quantitative estimate of drug-likeness (QED) is 0.778. The van der Waals surface area contributed by atoms with Crippen molar-refractivity contribution < 1.29 is 5.11 Å². The number of halogens is 1. The van der Waals surface area contributed by atoms with Crippen LogP contribution in [0.15, 0.2) is 33.5 Å². The van der Waals surface area contributed by atoms with Crippen molar-refractivity contribution in [2.24, 2.45) is 0 Å². The maximum Gasteiger partial charge on any atom is 0.262 e. The molecule has 2 aromatic rings. The molecule has 1 unspecified atom stereocenters. The minimum Gasteiger partial charge on any atom is -0.493 e. The first kappa shape index (κ1) is 14.3. The molecular formula is C15H16BrN3O2. The second kappa shape index (κ2) is 5.99. The zero-order valence-corrected chi connectivity index (χ0v) is 13.0. The van der Waals surface area contributed by atoms with Gasteiger partial charge >= 0.3 is 0 Å². The number of H-pyrrole nitrogens is 1. The SMILES string of the molecule is O=c1[nH]c(C2CCCCN2)nc(O)c1-c1cccc(Br)c1. The number of nitrogens with zero attached hydrogens (tertiary/aromatic N) is 1. The van der Waals surface area contributed by atoms with Crippen molar-refractivity contribution in [1.29, 1.82) is 0 Å². The van der Waals surface area contributed by atoms with E-state index in [1.165, 1.54) is 0 Å². The lowest BCUT2D eigenvalue weighted by Gasteiger charge is -2.22. The summed E-state index contributed by atoms with van der Waals surface area (Å²) >= 11 is 3.36. The van der Waals surface area contributed by atoms with Gasteiger partial charge in [0.1, 0.15) is 11.4 Å². The second-order valence-corrected chi connectivity index (χ2v) is 6.08. The fraction of sp³-hybridized carbons (Fsp3) is 0.333. The number of hydrogen-bond donors (Lipinski definition) is 3. The van der Waals surface area contributed by atoms with E-state index < -0.39 is 0 Å². The number of aromatic nitrogens is 2. The Labute approximate surface area is 130 Å². The van der Waals surface area contributed by atoms with Crippen LogP contribution < -0.4 is 10.9 Å². The summed E-state index contributed by atoms with van der Waals surface area (Å²) in [5, 5.41) is 13.5. The van der Waals surface area contributed by atoms with Crippen LogP contribution in [0.4, 0.5) is 0 Å². The van der Waals surface area contributed by atoms with Crippen LogP contribution >= 0.6 is 15.9 Å². The molecule has 1 fully saturated rings. The van der Waals surface area contributed by atoms with Gasteiger partial charge in [0.25, 0.3) is 5.56 Å². The lowest BCUT2D eigenvalue weighted by molar-refractivity contribution is 0.385. The van der Waals surface area contributed by atoms with Crippen molar-refractivity contribution in [1.82, 2.24) is 15.3 Å². The van der Waals surface area contributed by atoms with Gasteiger partial charge in [-0.1, -0.05) is 34.5 Å². The largest absolute Gasteiger partial charge is 0.493 e. The van der Waals surface area contributed by atoms with Gasteiger partial charge in [0.05, 0.1) is 6.04 Å². The molecule has 0 bridgehead atoms. The van der Waals surface area contributed by atoms with E-state index in [9.17, 15) is 9.90 Å². The maximum absolute atomic E-state index is 12.3. The number of nitrogens with one attached hydrogen (secondary N) is 2. The van der Waals surface area contributed by atoms with E-state index in [0.717, 1.165) is 30.3 Å². The van der Waals surface area contributed by atoms with Gasteiger partial charge < -0.3 is 15.4 Å². The number of rotatable bonds is 2. The van der Waals surface area contributed by atoms with Gasteiger partial charge in [-0.2, -0.15) is 4.98 Å². The van der Waals surface area contributed by atoms with Crippen LogP contribution in [0.2, 0.25) is 0 Å². The van der Waals surface area contributed by atoms with Crippen molar-refractivity contribution in [3.05, 3.63) is 44.9 Å². The Bertz CT molecular complexity index is 708. The number of hydrogen-bond acceptors (Lipinski definition) is 4. The standard InChI is InChI=1S/C15H16BrN3O2/c16-10-5-3-4-9(8-10)12-14(20)18-13(19-15(12)21)11-6-1-2-7-17-11/h3-5,8,11,17H,1-2,6-7H2,(H2,18,19,20,21). The summed E-state index contributed by atoms with van der Waals surface area (Å²) in [4.78, 5) is 19.3. The van der Waals surface area contributed by atoms with Crippen LogP contribution in [-0.2, 0) is 0 Å². The highest BCUT2D eigenvalue weighted by molar-refractivity contribution is 9.10. The Kier molecular flexibility index (Phi) is 4.07. The first-order valence-corrected chi connectivity index (χ1v) is 7.77. The van der Waals surface area contributed by atoms with Crippen LogP contribution in [0, 0.1) is 0 Å². The van der Waals surface area contributed by atoms with Crippen LogP contribution in [0.25, 0.3) is 11.1 Å². The number of aromatic hydroxyl groups is 1. The van der Waals surface area contributed by atoms with Gasteiger partial charge in [-0.15, -0.1) is 0 Å². The van der Waals surface area contributed by atoms with Crippen molar-refractivity contribution in [2.45, 2.75) is 25.3 Å². The molecule has 110 valence electrons. The molecule has 1 aliphatic rings. The molecule has 0 spiro atoms. The maximum atomic E-state index is 12.3. The minimum atomic E-state index is -0.317. The predicted molar refractivity (Wildman–Crippen MR) is 84.3 cm³/mol. The Balaban J connectivity index is 2.02. The van der Waals surface area contributed by atoms with Gasteiger partial charge in [-0.25, -0.2) is 0 Å². The summed E-state index contributed by atoms with van der Waals surface area (Å²) in [5.41, 5.74) is 0.526. The summed E-state index contributed by atoms with van der Waals surface area (Å²) in [7, 11) is 0. The Hall–Kier alpha value is -1.66. The fourth-order valence-corrected chi connectivity index (χ4v) is 3.03. The third kappa shape index (κ3) is 3.01. The predicted octanol–water partition coefficient (Wildman–Crippen LogP) is 2.72. The number of aromatic amines is 1. The number of piperidine rings is 1. The average Bonchev–Trinajstić information content (AvgIpc) is 2.47. The smallest absolute Gasteiger partial charge is 0.262 e. The molecule has 2 heterocycles. The molecule has 1 aliphatic heterocycles. The third-order valence-corrected chi connectivity index (χ3v) is 4.17. The Morgan fingerprint density at radius 2 is 2.19 bits per heavy atom. The van der Waals surface area contributed by atoms with Crippen molar-refractivity contribution in [3.63, 3.8) is 0 Å². The van der Waals surface area contributed by atoms with Gasteiger partial charge in [-0.3, -0.25) is 4.79 Å². The topological polar surface area (TPSA) is 78.0 Å². The fourth-order valence-electron chi connectivity index (χ4n) is 2.63. The molecule has 1 saturated heterocycles. The van der Waals surface area contributed by atoms with Gasteiger partial charge in [0, 0.05) is 4.47 Å². The van der Waals surface area contributed by atoms with E-state index in [1.54, 1.807) is 12.1 Å². The molecule has 0 aliphatic carbocycles. The molecule has 3 rings (SSSR count). The molecule has 3 N–H and O–H groups in total. The lowest BCUT2D eigenvalue weighted by atomic mass is 10.0. The van der Waals surface area contributed by atoms with Gasteiger partial charge in [-0.05, 0) is 37.1 Å². The molecule has 5 nitrogen and oxygen atoms in total. The van der Waals surface area contributed by atoms with Gasteiger partial charge in [0.15, 0.2) is 0 Å². The monoisotopic (exact) mass is 349 g/mol. The molecule has 6 heteroatoms. The summed E-state index contributed by atoms with van der Waals surface area (Å²) in [6.07, 6.45) is 3.14. The van der Waals surface area contributed by atoms with Gasteiger partial charge in [0.2, 0.25) is 5.88 Å². The number of benzene rings is 1. The lowest BCUT2D eigenvalue weighted by Crippen LogP contribution is -2.30. The highest BCUT2D eigenvalue weighted by atomic mass is 79.9. The molecule has 0 saturated carbocycles. The first-order valence-electron chi connectivity index (χ1n) is 6.97. The van der Waals surface area contributed by atoms with E-state index in [-0.39, 0.29) is 23.0 Å². The molecule has 0 radical (unpaired) electrons. The van der Waals surface area contributed by atoms with E-state index in [0.29, 0.717) is 11.4 Å².